The molecule has 0 radical (unpaired) electrons. The van der Waals surface area contributed by atoms with E-state index >= 15 is 0 Å². The number of carbonyl (C=O) groups is 1. The van der Waals surface area contributed by atoms with Crippen molar-refractivity contribution in [1.29, 1.82) is 0 Å². The van der Waals surface area contributed by atoms with Gasteiger partial charge >= 0.3 is 0 Å². The Morgan fingerprint density at radius 2 is 2.22 bits per heavy atom. The minimum absolute atomic E-state index is 0.156. The molecule has 1 aromatic heterocycles. The summed E-state index contributed by atoms with van der Waals surface area (Å²) in [6.07, 6.45) is 2.59. The molecule has 1 aromatic carbocycles. The van der Waals surface area contributed by atoms with Crippen LogP contribution in [-0.4, -0.2) is 17.4 Å². The monoisotopic (exact) mass is 305 g/mol. The van der Waals surface area contributed by atoms with E-state index in [1.54, 1.807) is 6.20 Å². The predicted molar refractivity (Wildman–Crippen MR) is 72.4 cm³/mol. The number of carbonyl (C=O) groups excluding carboxylic acids is 1. The van der Waals surface area contributed by atoms with Crippen molar-refractivity contribution in [2.75, 3.05) is 6.61 Å². The van der Waals surface area contributed by atoms with E-state index in [0.717, 1.165) is 20.9 Å². The van der Waals surface area contributed by atoms with Gasteiger partial charge in [-0.25, -0.2) is 0 Å². The van der Waals surface area contributed by atoms with Gasteiger partial charge in [0, 0.05) is 34.5 Å². The molecule has 3 nitrogen and oxygen atoms in total. The third-order valence-electron chi connectivity index (χ3n) is 3.21. The Morgan fingerprint density at radius 3 is 3.06 bits per heavy atom. The number of hydrogen-bond donors (Lipinski definition) is 0. The average molecular weight is 306 g/mol. The smallest absolute Gasteiger partial charge is 0.138 e. The van der Waals surface area contributed by atoms with Crippen molar-refractivity contribution >= 4 is 32.6 Å². The number of ether oxygens (including phenoxy) is 1. The number of halogens is 1. The van der Waals surface area contributed by atoms with Gasteiger partial charge in [-0.2, -0.15) is 0 Å². The van der Waals surface area contributed by atoms with Crippen LogP contribution in [-0.2, 0) is 9.53 Å². The lowest BCUT2D eigenvalue weighted by molar-refractivity contribution is -0.128. The minimum atomic E-state index is -0.156. The second-order valence-corrected chi connectivity index (χ2v) is 5.24. The zero-order valence-electron chi connectivity index (χ0n) is 9.73. The molecule has 4 heteroatoms. The second kappa shape index (κ2) is 4.78. The molecule has 1 fully saturated rings. The number of fused-ring (bicyclic) bond motifs is 1. The van der Waals surface area contributed by atoms with Gasteiger partial charge in [-0.15, -0.1) is 0 Å². The summed E-state index contributed by atoms with van der Waals surface area (Å²) in [5.74, 6) is 0.262. The molecule has 2 aromatic rings. The molecule has 92 valence electrons. The Hall–Kier alpha value is -1.26. The van der Waals surface area contributed by atoms with Crippen molar-refractivity contribution in [2.45, 2.75) is 18.9 Å². The van der Waals surface area contributed by atoms with Crippen molar-refractivity contribution in [3.8, 4) is 0 Å². The average Bonchev–Trinajstić information content (AvgIpc) is 2.39. The molecule has 0 amide bonds. The van der Waals surface area contributed by atoms with E-state index in [4.69, 9.17) is 4.74 Å². The van der Waals surface area contributed by atoms with E-state index < -0.39 is 0 Å². The van der Waals surface area contributed by atoms with Crippen LogP contribution in [0, 0.1) is 0 Å². The molecular weight excluding hydrogens is 294 g/mol. The minimum Gasteiger partial charge on any atom is -0.373 e. The van der Waals surface area contributed by atoms with Gasteiger partial charge in [0.15, 0.2) is 0 Å². The maximum Gasteiger partial charge on any atom is 0.138 e. The molecule has 0 aliphatic carbocycles. The number of nitrogens with zero attached hydrogens (tertiary/aromatic N) is 1. The van der Waals surface area contributed by atoms with E-state index in [1.165, 1.54) is 0 Å². The maximum atomic E-state index is 11.5. The summed E-state index contributed by atoms with van der Waals surface area (Å²) < 4.78 is 6.72. The van der Waals surface area contributed by atoms with Gasteiger partial charge in [-0.05, 0) is 12.1 Å². The topological polar surface area (TPSA) is 39.2 Å². The Balaban J connectivity index is 2.11. The van der Waals surface area contributed by atoms with E-state index in [-0.39, 0.29) is 11.9 Å². The number of pyridine rings is 1. The van der Waals surface area contributed by atoms with Gasteiger partial charge in [-0.3, -0.25) is 9.78 Å². The lowest BCUT2D eigenvalue weighted by atomic mass is 9.98. The molecule has 18 heavy (non-hydrogen) atoms. The first-order valence-electron chi connectivity index (χ1n) is 5.92. The number of Topliss-reactive ketones (excluding diaryl/α,β-unsaturated/α-hetero) is 1. The summed E-state index contributed by atoms with van der Waals surface area (Å²) in [6.45, 7) is 0.508. The molecule has 1 saturated heterocycles. The molecule has 1 unspecified atom stereocenters. The van der Waals surface area contributed by atoms with Gasteiger partial charge in [-0.1, -0.05) is 28.1 Å². The van der Waals surface area contributed by atoms with Gasteiger partial charge in [0.1, 0.15) is 5.78 Å². The summed E-state index contributed by atoms with van der Waals surface area (Å²) in [5.41, 5.74) is 1.91. The van der Waals surface area contributed by atoms with Crippen LogP contribution in [0.5, 0.6) is 0 Å². The molecule has 1 aliphatic heterocycles. The third kappa shape index (κ3) is 2.06. The Kier molecular flexibility index (Phi) is 3.14. The fraction of sp³-hybridized carbons (Fsp3) is 0.286. The quantitative estimate of drug-likeness (QED) is 0.810. The van der Waals surface area contributed by atoms with Crippen LogP contribution in [0.15, 0.2) is 34.9 Å². The van der Waals surface area contributed by atoms with Crippen LogP contribution in [0.1, 0.15) is 24.5 Å². The zero-order chi connectivity index (χ0) is 12.5. The van der Waals surface area contributed by atoms with Crippen molar-refractivity contribution in [3.05, 3.63) is 40.5 Å². The fourth-order valence-corrected chi connectivity index (χ4v) is 2.75. The van der Waals surface area contributed by atoms with Crippen LogP contribution in [0.3, 0.4) is 0 Å². The first-order valence-corrected chi connectivity index (χ1v) is 6.71. The Bertz CT molecular complexity index is 612. The lowest BCUT2D eigenvalue weighted by Crippen LogP contribution is -2.19. The van der Waals surface area contributed by atoms with Crippen molar-refractivity contribution in [1.82, 2.24) is 4.98 Å². The molecule has 0 saturated carbocycles. The largest absolute Gasteiger partial charge is 0.373 e. The zero-order valence-corrected chi connectivity index (χ0v) is 11.3. The van der Waals surface area contributed by atoms with Crippen LogP contribution >= 0.6 is 15.9 Å². The number of ketones is 1. The molecule has 3 rings (SSSR count). The summed E-state index contributed by atoms with van der Waals surface area (Å²) in [6, 6.07) is 7.90. The number of rotatable bonds is 1. The Labute approximate surface area is 113 Å². The highest BCUT2D eigenvalue weighted by Gasteiger charge is 2.24. The molecule has 1 atom stereocenters. The molecule has 0 spiro atoms. The molecule has 2 heterocycles. The summed E-state index contributed by atoms with van der Waals surface area (Å²) in [7, 11) is 0. The maximum absolute atomic E-state index is 11.5. The highest BCUT2D eigenvalue weighted by molar-refractivity contribution is 9.10. The summed E-state index contributed by atoms with van der Waals surface area (Å²) >= 11 is 3.52. The number of benzene rings is 1. The van der Waals surface area contributed by atoms with Crippen LogP contribution in [0.4, 0.5) is 0 Å². The van der Waals surface area contributed by atoms with E-state index in [1.807, 2.05) is 24.3 Å². The van der Waals surface area contributed by atoms with E-state index in [0.29, 0.717) is 19.4 Å². The van der Waals surface area contributed by atoms with Crippen molar-refractivity contribution in [3.63, 3.8) is 0 Å². The standard InChI is InChI=1S/C14H12BrNO2/c15-12-4-3-11(13-8-9(17)5-7-18-13)14-10(12)2-1-6-16-14/h1-4,6,13H,5,7-8H2. The van der Waals surface area contributed by atoms with Crippen LogP contribution in [0.2, 0.25) is 0 Å². The van der Waals surface area contributed by atoms with Gasteiger partial charge in [0.05, 0.1) is 18.2 Å². The summed E-state index contributed by atoms with van der Waals surface area (Å²) in [4.78, 5) is 16.0. The normalized spacial score (nSPS) is 20.3. The van der Waals surface area contributed by atoms with Gasteiger partial charge in [0.2, 0.25) is 0 Å². The molecule has 1 aliphatic rings. The van der Waals surface area contributed by atoms with Crippen molar-refractivity contribution in [2.24, 2.45) is 0 Å². The fourth-order valence-electron chi connectivity index (χ4n) is 2.30. The van der Waals surface area contributed by atoms with Crippen LogP contribution in [0.25, 0.3) is 10.9 Å². The molecular formula is C14H12BrNO2. The number of aromatic nitrogens is 1. The van der Waals surface area contributed by atoms with Gasteiger partial charge < -0.3 is 4.74 Å². The lowest BCUT2D eigenvalue weighted by Gasteiger charge is -2.23. The van der Waals surface area contributed by atoms with Crippen LogP contribution < -0.4 is 0 Å². The summed E-state index contributed by atoms with van der Waals surface area (Å²) in [5, 5.41) is 1.05. The Morgan fingerprint density at radius 1 is 1.33 bits per heavy atom. The van der Waals surface area contributed by atoms with Gasteiger partial charge in [0.25, 0.3) is 0 Å². The highest BCUT2D eigenvalue weighted by Crippen LogP contribution is 2.33. The number of hydrogen-bond acceptors (Lipinski definition) is 3. The third-order valence-corrected chi connectivity index (χ3v) is 3.90. The second-order valence-electron chi connectivity index (χ2n) is 4.39. The SMILES string of the molecule is O=C1CCOC(c2ccc(Br)c3cccnc23)C1. The first kappa shape index (κ1) is 11.8. The van der Waals surface area contributed by atoms with E-state index in [9.17, 15) is 4.79 Å². The molecule has 0 N–H and O–H groups in total. The first-order chi connectivity index (χ1) is 8.75. The highest BCUT2D eigenvalue weighted by atomic mass is 79.9. The molecule has 0 bridgehead atoms. The predicted octanol–water partition coefficient (Wildman–Crippen LogP) is 3.42. The van der Waals surface area contributed by atoms with E-state index in [2.05, 4.69) is 20.9 Å². The van der Waals surface area contributed by atoms with Crippen molar-refractivity contribution < 1.29 is 9.53 Å².